The van der Waals surface area contributed by atoms with Crippen LogP contribution in [0.15, 0.2) is 12.7 Å². The van der Waals surface area contributed by atoms with Crippen LogP contribution >= 0.6 is 0 Å². The minimum Gasteiger partial charge on any atom is -0.338 e. The van der Waals surface area contributed by atoms with Gasteiger partial charge in [0.2, 0.25) is 5.91 Å². The Hall–Kier alpha value is -1.43. The minimum absolute atomic E-state index is 0.215. The number of carbonyl (C=O) groups excluding carboxylic acids is 1. The summed E-state index contributed by atoms with van der Waals surface area (Å²) < 4.78 is 1.76. The zero-order valence-corrected chi connectivity index (χ0v) is 11.5. The molecule has 0 bridgehead atoms. The van der Waals surface area contributed by atoms with Gasteiger partial charge in [-0.3, -0.25) is 9.48 Å². The number of piperidine rings is 1. The van der Waals surface area contributed by atoms with Gasteiger partial charge in [-0.1, -0.05) is 6.92 Å². The third-order valence-corrected chi connectivity index (χ3v) is 3.92. The minimum atomic E-state index is 0.215. The fraction of sp³-hybridized carbons (Fsp3) is 0.769. The molecule has 1 aliphatic rings. The first-order valence-corrected chi connectivity index (χ1v) is 7.04. The number of amides is 1. The topological polar surface area (TPSA) is 77.0 Å². The number of aromatic nitrogens is 3. The smallest absolute Gasteiger partial charge is 0.222 e. The van der Waals surface area contributed by atoms with E-state index >= 15 is 0 Å². The molecule has 1 amide bonds. The van der Waals surface area contributed by atoms with E-state index < -0.39 is 0 Å². The Bertz CT molecular complexity index is 392. The standard InChI is InChI=1S/C13H23N5O/c1-11-4-2-7-18(12(11)8-14)13(19)5-3-6-17-10-15-9-16-17/h9-12H,2-8,14H2,1H3. The Morgan fingerprint density at radius 1 is 1.53 bits per heavy atom. The molecule has 1 saturated heterocycles. The van der Waals surface area contributed by atoms with Gasteiger partial charge < -0.3 is 10.6 Å². The number of carbonyl (C=O) groups is 1. The maximum Gasteiger partial charge on any atom is 0.222 e. The second kappa shape index (κ2) is 6.65. The second-order valence-electron chi connectivity index (χ2n) is 5.27. The van der Waals surface area contributed by atoms with Gasteiger partial charge in [-0.2, -0.15) is 5.10 Å². The normalized spacial score (nSPS) is 23.6. The molecule has 0 spiro atoms. The van der Waals surface area contributed by atoms with E-state index in [0.29, 0.717) is 18.9 Å². The molecule has 0 saturated carbocycles. The van der Waals surface area contributed by atoms with Crippen LogP contribution in [-0.2, 0) is 11.3 Å². The van der Waals surface area contributed by atoms with E-state index in [0.717, 1.165) is 25.9 Å². The van der Waals surface area contributed by atoms with E-state index in [4.69, 9.17) is 5.73 Å². The first-order valence-electron chi connectivity index (χ1n) is 7.04. The highest BCUT2D eigenvalue weighted by Crippen LogP contribution is 2.23. The second-order valence-corrected chi connectivity index (χ2v) is 5.27. The molecule has 2 N–H and O–H groups in total. The number of hydrogen-bond acceptors (Lipinski definition) is 4. The summed E-state index contributed by atoms with van der Waals surface area (Å²) in [5, 5.41) is 4.03. The van der Waals surface area contributed by atoms with Crippen molar-refractivity contribution in [2.75, 3.05) is 13.1 Å². The summed E-state index contributed by atoms with van der Waals surface area (Å²) in [7, 11) is 0. The molecular formula is C13H23N5O. The first-order chi connectivity index (χ1) is 9.22. The predicted octanol–water partition coefficient (Wildman–Crippen LogP) is 0.644. The van der Waals surface area contributed by atoms with Crippen LogP contribution < -0.4 is 5.73 Å². The van der Waals surface area contributed by atoms with E-state index in [1.54, 1.807) is 11.0 Å². The maximum atomic E-state index is 12.3. The lowest BCUT2D eigenvalue weighted by atomic mass is 9.90. The van der Waals surface area contributed by atoms with Crippen LogP contribution in [0.2, 0.25) is 0 Å². The molecule has 19 heavy (non-hydrogen) atoms. The highest BCUT2D eigenvalue weighted by molar-refractivity contribution is 5.76. The highest BCUT2D eigenvalue weighted by atomic mass is 16.2. The zero-order valence-electron chi connectivity index (χ0n) is 11.5. The van der Waals surface area contributed by atoms with Crippen LogP contribution in [0.5, 0.6) is 0 Å². The SMILES string of the molecule is CC1CCCN(C(=O)CCCn2cncn2)C1CN. The molecule has 6 nitrogen and oxygen atoms in total. The Morgan fingerprint density at radius 2 is 2.37 bits per heavy atom. The summed E-state index contributed by atoms with van der Waals surface area (Å²) in [4.78, 5) is 18.1. The lowest BCUT2D eigenvalue weighted by molar-refractivity contribution is -0.136. The third kappa shape index (κ3) is 3.53. The van der Waals surface area contributed by atoms with Crippen LogP contribution in [0.1, 0.15) is 32.6 Å². The van der Waals surface area contributed by atoms with Crippen molar-refractivity contribution in [3.05, 3.63) is 12.7 Å². The summed E-state index contributed by atoms with van der Waals surface area (Å²) >= 11 is 0. The molecule has 2 unspecified atom stereocenters. The van der Waals surface area contributed by atoms with Crippen molar-refractivity contribution in [1.82, 2.24) is 19.7 Å². The van der Waals surface area contributed by atoms with E-state index in [1.165, 1.54) is 12.7 Å². The van der Waals surface area contributed by atoms with Crippen LogP contribution in [0, 0.1) is 5.92 Å². The number of hydrogen-bond donors (Lipinski definition) is 1. The van der Waals surface area contributed by atoms with Gasteiger partial charge >= 0.3 is 0 Å². The largest absolute Gasteiger partial charge is 0.338 e. The van der Waals surface area contributed by atoms with Gasteiger partial charge in [0.05, 0.1) is 0 Å². The van der Waals surface area contributed by atoms with Crippen LogP contribution in [0.3, 0.4) is 0 Å². The van der Waals surface area contributed by atoms with E-state index in [-0.39, 0.29) is 11.9 Å². The van der Waals surface area contributed by atoms with Crippen molar-refractivity contribution in [3.8, 4) is 0 Å². The van der Waals surface area contributed by atoms with Gasteiger partial charge in [0.15, 0.2) is 0 Å². The van der Waals surface area contributed by atoms with Gasteiger partial charge in [0.1, 0.15) is 12.7 Å². The molecule has 106 valence electrons. The monoisotopic (exact) mass is 265 g/mol. The Balaban J connectivity index is 1.81. The molecule has 1 aliphatic heterocycles. The zero-order chi connectivity index (χ0) is 13.7. The van der Waals surface area contributed by atoms with Crippen molar-refractivity contribution in [1.29, 1.82) is 0 Å². The average Bonchev–Trinajstić information content (AvgIpc) is 2.91. The summed E-state index contributed by atoms with van der Waals surface area (Å²) in [6.07, 6.45) is 6.80. The van der Waals surface area contributed by atoms with Crippen molar-refractivity contribution in [3.63, 3.8) is 0 Å². The number of likely N-dealkylation sites (tertiary alicyclic amines) is 1. The Morgan fingerprint density at radius 3 is 3.05 bits per heavy atom. The summed E-state index contributed by atoms with van der Waals surface area (Å²) in [6, 6.07) is 0.215. The summed E-state index contributed by atoms with van der Waals surface area (Å²) in [6.45, 7) is 4.35. The summed E-state index contributed by atoms with van der Waals surface area (Å²) in [5.41, 5.74) is 5.81. The molecular weight excluding hydrogens is 242 g/mol. The molecule has 1 fully saturated rings. The van der Waals surface area contributed by atoms with Crippen molar-refractivity contribution in [2.24, 2.45) is 11.7 Å². The van der Waals surface area contributed by atoms with Crippen molar-refractivity contribution >= 4 is 5.91 Å². The third-order valence-electron chi connectivity index (χ3n) is 3.92. The Kier molecular flexibility index (Phi) is 4.90. The van der Waals surface area contributed by atoms with Crippen LogP contribution in [0.25, 0.3) is 0 Å². The molecule has 2 rings (SSSR count). The molecule has 6 heteroatoms. The Labute approximate surface area is 114 Å². The van der Waals surface area contributed by atoms with Crippen molar-refractivity contribution < 1.29 is 4.79 Å². The quantitative estimate of drug-likeness (QED) is 0.847. The number of nitrogens with zero attached hydrogens (tertiary/aromatic N) is 4. The molecule has 0 radical (unpaired) electrons. The molecule has 0 aromatic carbocycles. The van der Waals surface area contributed by atoms with Crippen LogP contribution in [0.4, 0.5) is 0 Å². The lowest BCUT2D eigenvalue weighted by Gasteiger charge is -2.39. The predicted molar refractivity (Wildman–Crippen MR) is 72.2 cm³/mol. The molecule has 1 aromatic rings. The molecule has 0 aliphatic carbocycles. The fourth-order valence-electron chi connectivity index (χ4n) is 2.80. The number of nitrogens with two attached hydrogens (primary N) is 1. The average molecular weight is 265 g/mol. The molecule has 2 heterocycles. The van der Waals surface area contributed by atoms with E-state index in [2.05, 4.69) is 17.0 Å². The number of aryl methyl sites for hydroxylation is 1. The van der Waals surface area contributed by atoms with Crippen LogP contribution in [-0.4, -0.2) is 44.7 Å². The summed E-state index contributed by atoms with van der Waals surface area (Å²) in [5.74, 6) is 0.736. The molecule has 1 aromatic heterocycles. The van der Waals surface area contributed by atoms with Gasteiger partial charge in [-0.15, -0.1) is 0 Å². The van der Waals surface area contributed by atoms with Gasteiger partial charge in [0, 0.05) is 32.1 Å². The molecule has 2 atom stereocenters. The van der Waals surface area contributed by atoms with Gasteiger partial charge in [-0.05, 0) is 25.2 Å². The highest BCUT2D eigenvalue weighted by Gasteiger charge is 2.30. The van der Waals surface area contributed by atoms with E-state index in [1.807, 2.05) is 4.90 Å². The maximum absolute atomic E-state index is 12.3. The van der Waals surface area contributed by atoms with Gasteiger partial charge in [-0.25, -0.2) is 4.98 Å². The number of rotatable bonds is 5. The lowest BCUT2D eigenvalue weighted by Crippen LogP contribution is -2.51. The fourth-order valence-corrected chi connectivity index (χ4v) is 2.80. The van der Waals surface area contributed by atoms with Gasteiger partial charge in [0.25, 0.3) is 0 Å². The van der Waals surface area contributed by atoms with E-state index in [9.17, 15) is 4.79 Å². The first kappa shape index (κ1) is 14.0. The van der Waals surface area contributed by atoms with Crippen molar-refractivity contribution in [2.45, 2.75) is 45.2 Å².